The van der Waals surface area contributed by atoms with Crippen molar-refractivity contribution in [1.29, 1.82) is 0 Å². The molecule has 4 rings (SSSR count). The molecule has 3 aliphatic rings. The summed E-state index contributed by atoms with van der Waals surface area (Å²) in [6, 6.07) is 10.0. The fourth-order valence-corrected chi connectivity index (χ4v) is 4.89. The first-order valence-electron chi connectivity index (χ1n) is 7.22. The third-order valence-corrected chi connectivity index (χ3v) is 5.55. The lowest BCUT2D eigenvalue weighted by Gasteiger charge is -2.56. The van der Waals surface area contributed by atoms with Crippen molar-refractivity contribution in [1.82, 2.24) is 5.32 Å². The molecular weight excluding hydrogens is 206 g/mol. The highest BCUT2D eigenvalue weighted by Gasteiger charge is 2.51. The van der Waals surface area contributed by atoms with E-state index in [0.717, 1.165) is 12.0 Å². The van der Waals surface area contributed by atoms with Crippen LogP contribution in [0, 0.1) is 5.92 Å². The summed E-state index contributed by atoms with van der Waals surface area (Å²) < 4.78 is 0. The van der Waals surface area contributed by atoms with Crippen LogP contribution >= 0.6 is 0 Å². The van der Waals surface area contributed by atoms with Gasteiger partial charge in [0.05, 0.1) is 0 Å². The summed E-state index contributed by atoms with van der Waals surface area (Å²) in [6.07, 6.45) is 8.41. The molecule has 0 radical (unpaired) electrons. The van der Waals surface area contributed by atoms with Gasteiger partial charge in [0, 0.05) is 11.5 Å². The van der Waals surface area contributed by atoms with E-state index in [-0.39, 0.29) is 0 Å². The number of fused-ring (bicyclic) bond motifs is 1. The molecule has 1 heterocycles. The zero-order valence-corrected chi connectivity index (χ0v) is 10.4. The average molecular weight is 227 g/mol. The number of hydrogen-bond donors (Lipinski definition) is 1. The maximum atomic E-state index is 3.79. The van der Waals surface area contributed by atoms with E-state index in [1.807, 2.05) is 0 Å². The van der Waals surface area contributed by atoms with Gasteiger partial charge < -0.3 is 5.32 Å². The average Bonchev–Trinajstić information content (AvgIpc) is 2.39. The van der Waals surface area contributed by atoms with Gasteiger partial charge >= 0.3 is 0 Å². The number of nitrogens with one attached hydrogen (secondary N) is 1. The maximum absolute atomic E-state index is 3.79. The van der Waals surface area contributed by atoms with E-state index >= 15 is 0 Å². The van der Waals surface area contributed by atoms with Crippen molar-refractivity contribution in [2.24, 2.45) is 5.92 Å². The minimum atomic E-state index is 0.545. The molecule has 1 aromatic rings. The SMILES string of the molecule is c1ccc2c(c1)C[C@@H]1NCC[C@@]23CCCC[C@@H]13. The highest BCUT2D eigenvalue weighted by atomic mass is 15.0. The first-order valence-corrected chi connectivity index (χ1v) is 7.22. The standard InChI is InChI=1S/C16H21N/c1-2-6-13-12(5-1)11-15-14-7-3-4-8-16(13,14)9-10-17-15/h1-2,5-6,14-15,17H,3-4,7-11H2/t14-,15-,16-/m0/s1. The van der Waals surface area contributed by atoms with Crippen molar-refractivity contribution in [3.05, 3.63) is 35.4 Å². The lowest BCUT2D eigenvalue weighted by atomic mass is 9.53. The molecule has 2 bridgehead atoms. The van der Waals surface area contributed by atoms with Gasteiger partial charge in [-0.15, -0.1) is 0 Å². The molecule has 1 saturated carbocycles. The van der Waals surface area contributed by atoms with Crippen molar-refractivity contribution in [2.75, 3.05) is 6.54 Å². The first-order chi connectivity index (χ1) is 8.40. The fourth-order valence-electron chi connectivity index (χ4n) is 4.89. The molecule has 1 saturated heterocycles. The van der Waals surface area contributed by atoms with Gasteiger partial charge in [0.25, 0.3) is 0 Å². The maximum Gasteiger partial charge on any atom is 0.0144 e. The molecule has 1 heteroatoms. The monoisotopic (exact) mass is 227 g/mol. The van der Waals surface area contributed by atoms with Crippen LogP contribution in [0.25, 0.3) is 0 Å². The number of piperidine rings is 1. The van der Waals surface area contributed by atoms with Crippen molar-refractivity contribution >= 4 is 0 Å². The smallest absolute Gasteiger partial charge is 0.0144 e. The Morgan fingerprint density at radius 1 is 1.12 bits per heavy atom. The molecule has 1 aromatic carbocycles. The molecular formula is C16H21N. The minimum absolute atomic E-state index is 0.545. The topological polar surface area (TPSA) is 12.0 Å². The molecule has 1 aliphatic heterocycles. The summed E-state index contributed by atoms with van der Waals surface area (Å²) in [5.41, 5.74) is 3.88. The van der Waals surface area contributed by atoms with Crippen LogP contribution in [0.5, 0.6) is 0 Å². The highest BCUT2D eigenvalue weighted by molar-refractivity contribution is 5.41. The second kappa shape index (κ2) is 3.58. The Bertz CT molecular complexity index is 435. The summed E-state index contributed by atoms with van der Waals surface area (Å²) >= 11 is 0. The number of rotatable bonds is 0. The van der Waals surface area contributed by atoms with Crippen LogP contribution in [0.4, 0.5) is 0 Å². The Hall–Kier alpha value is -0.820. The normalized spacial score (nSPS) is 39.3. The molecule has 2 aliphatic carbocycles. The van der Waals surface area contributed by atoms with Crippen LogP contribution in [0.1, 0.15) is 43.2 Å². The van der Waals surface area contributed by atoms with Gasteiger partial charge in [-0.2, -0.15) is 0 Å². The highest BCUT2D eigenvalue weighted by Crippen LogP contribution is 2.53. The predicted octanol–water partition coefficient (Wildman–Crippen LogP) is 3.03. The van der Waals surface area contributed by atoms with E-state index in [1.165, 1.54) is 45.1 Å². The van der Waals surface area contributed by atoms with Gasteiger partial charge in [-0.05, 0) is 49.3 Å². The molecule has 1 nitrogen and oxygen atoms in total. The molecule has 3 atom stereocenters. The zero-order chi connectivity index (χ0) is 11.3. The van der Waals surface area contributed by atoms with Gasteiger partial charge in [0.1, 0.15) is 0 Å². The molecule has 0 spiro atoms. The minimum Gasteiger partial charge on any atom is -0.313 e. The van der Waals surface area contributed by atoms with E-state index < -0.39 is 0 Å². The lowest BCUT2D eigenvalue weighted by Crippen LogP contribution is -2.59. The lowest BCUT2D eigenvalue weighted by molar-refractivity contribution is 0.0798. The van der Waals surface area contributed by atoms with Gasteiger partial charge in [0.2, 0.25) is 0 Å². The van der Waals surface area contributed by atoms with Crippen LogP contribution in [0.15, 0.2) is 24.3 Å². The number of hydrogen-bond acceptors (Lipinski definition) is 1. The Morgan fingerprint density at radius 3 is 3.06 bits per heavy atom. The summed E-state index contributed by atoms with van der Waals surface area (Å²) in [6.45, 7) is 1.23. The predicted molar refractivity (Wildman–Crippen MR) is 70.2 cm³/mol. The van der Waals surface area contributed by atoms with Crippen LogP contribution in [0.3, 0.4) is 0 Å². The summed E-state index contributed by atoms with van der Waals surface area (Å²) in [7, 11) is 0. The van der Waals surface area contributed by atoms with Crippen molar-refractivity contribution in [3.63, 3.8) is 0 Å². The summed E-state index contributed by atoms with van der Waals surface area (Å²) in [5.74, 6) is 0.917. The van der Waals surface area contributed by atoms with Crippen LogP contribution < -0.4 is 5.32 Å². The van der Waals surface area contributed by atoms with E-state index in [1.54, 1.807) is 11.1 Å². The Balaban J connectivity index is 1.90. The Labute approximate surface area is 104 Å². The third-order valence-electron chi connectivity index (χ3n) is 5.55. The zero-order valence-electron chi connectivity index (χ0n) is 10.4. The Morgan fingerprint density at radius 2 is 2.06 bits per heavy atom. The quantitative estimate of drug-likeness (QED) is 0.718. The first kappa shape index (κ1) is 10.1. The third kappa shape index (κ3) is 1.29. The molecule has 2 fully saturated rings. The molecule has 0 unspecified atom stereocenters. The van der Waals surface area contributed by atoms with Gasteiger partial charge in [0.15, 0.2) is 0 Å². The number of benzene rings is 1. The van der Waals surface area contributed by atoms with E-state index in [9.17, 15) is 0 Å². The van der Waals surface area contributed by atoms with Gasteiger partial charge in [-0.25, -0.2) is 0 Å². The van der Waals surface area contributed by atoms with Crippen molar-refractivity contribution in [2.45, 2.75) is 50.0 Å². The summed E-state index contributed by atoms with van der Waals surface area (Å²) in [5, 5.41) is 3.79. The molecule has 17 heavy (non-hydrogen) atoms. The summed E-state index contributed by atoms with van der Waals surface area (Å²) in [4.78, 5) is 0. The van der Waals surface area contributed by atoms with E-state index in [2.05, 4.69) is 29.6 Å². The van der Waals surface area contributed by atoms with Crippen molar-refractivity contribution in [3.8, 4) is 0 Å². The molecule has 0 amide bonds. The van der Waals surface area contributed by atoms with Crippen LogP contribution in [-0.4, -0.2) is 12.6 Å². The fraction of sp³-hybridized carbons (Fsp3) is 0.625. The second-order valence-electron chi connectivity index (χ2n) is 6.18. The molecule has 0 aromatic heterocycles. The van der Waals surface area contributed by atoms with Crippen molar-refractivity contribution < 1.29 is 0 Å². The van der Waals surface area contributed by atoms with E-state index in [4.69, 9.17) is 0 Å². The second-order valence-corrected chi connectivity index (χ2v) is 6.18. The largest absolute Gasteiger partial charge is 0.313 e. The van der Waals surface area contributed by atoms with Crippen LogP contribution in [-0.2, 0) is 11.8 Å². The van der Waals surface area contributed by atoms with E-state index in [0.29, 0.717) is 5.41 Å². The Kier molecular flexibility index (Phi) is 2.14. The molecule has 1 N–H and O–H groups in total. The van der Waals surface area contributed by atoms with Gasteiger partial charge in [-0.3, -0.25) is 0 Å². The molecule has 90 valence electrons. The van der Waals surface area contributed by atoms with Gasteiger partial charge in [-0.1, -0.05) is 37.1 Å². The van der Waals surface area contributed by atoms with Crippen LogP contribution in [0.2, 0.25) is 0 Å².